The van der Waals surface area contributed by atoms with Crippen LogP contribution in [0, 0.1) is 12.5 Å². The third-order valence-electron chi connectivity index (χ3n) is 1.74. The van der Waals surface area contributed by atoms with Crippen molar-refractivity contribution < 1.29 is 0 Å². The molecule has 0 saturated carbocycles. The van der Waals surface area contributed by atoms with Gasteiger partial charge in [0.05, 0.1) is 6.57 Å². The van der Waals surface area contributed by atoms with Crippen LogP contribution in [0.1, 0.15) is 19.4 Å². The highest BCUT2D eigenvalue weighted by molar-refractivity contribution is 5.51. The second kappa shape index (κ2) is 3.92. The van der Waals surface area contributed by atoms with Crippen LogP contribution in [0.2, 0.25) is 0 Å². The summed E-state index contributed by atoms with van der Waals surface area (Å²) in [5.41, 5.74) is 1.97. The summed E-state index contributed by atoms with van der Waals surface area (Å²) >= 11 is 0. The molecule has 62 valence electrons. The summed E-state index contributed by atoms with van der Waals surface area (Å²) in [5, 5.41) is 0. The SMILES string of the molecule is [C-]#[N+]c1ccccc1CC(C)C. The van der Waals surface area contributed by atoms with E-state index < -0.39 is 0 Å². The Labute approximate surface area is 73.9 Å². The Morgan fingerprint density at radius 1 is 1.33 bits per heavy atom. The molecule has 0 atom stereocenters. The van der Waals surface area contributed by atoms with E-state index in [1.165, 1.54) is 5.56 Å². The Bertz CT molecular complexity index is 294. The summed E-state index contributed by atoms with van der Waals surface area (Å²) in [7, 11) is 0. The van der Waals surface area contributed by atoms with Crippen LogP contribution < -0.4 is 0 Å². The zero-order chi connectivity index (χ0) is 8.97. The Hall–Kier alpha value is -1.29. The lowest BCUT2D eigenvalue weighted by Crippen LogP contribution is -1.93. The average molecular weight is 159 g/mol. The second-order valence-electron chi connectivity index (χ2n) is 3.34. The average Bonchev–Trinajstić information content (AvgIpc) is 2.04. The smallest absolute Gasteiger partial charge is 0.190 e. The fourth-order valence-electron chi connectivity index (χ4n) is 1.23. The minimum atomic E-state index is 0.618. The summed E-state index contributed by atoms with van der Waals surface area (Å²) in [4.78, 5) is 3.47. The Balaban J connectivity index is 2.91. The molecule has 0 aliphatic heterocycles. The van der Waals surface area contributed by atoms with Gasteiger partial charge in [-0.2, -0.15) is 0 Å². The molecular formula is C11H13N. The van der Waals surface area contributed by atoms with Gasteiger partial charge < -0.3 is 0 Å². The van der Waals surface area contributed by atoms with Crippen molar-refractivity contribution in [2.24, 2.45) is 5.92 Å². The molecule has 1 rings (SSSR count). The number of benzene rings is 1. The van der Waals surface area contributed by atoms with E-state index in [0.29, 0.717) is 5.92 Å². The van der Waals surface area contributed by atoms with E-state index in [-0.39, 0.29) is 0 Å². The van der Waals surface area contributed by atoms with Gasteiger partial charge in [0.2, 0.25) is 0 Å². The summed E-state index contributed by atoms with van der Waals surface area (Å²) in [6.45, 7) is 11.3. The maximum Gasteiger partial charge on any atom is 0.190 e. The van der Waals surface area contributed by atoms with Gasteiger partial charge in [-0.15, -0.1) is 0 Å². The van der Waals surface area contributed by atoms with Crippen LogP contribution in [0.4, 0.5) is 5.69 Å². The van der Waals surface area contributed by atoms with Crippen LogP contribution in [-0.4, -0.2) is 0 Å². The first-order valence-corrected chi connectivity index (χ1v) is 4.19. The van der Waals surface area contributed by atoms with E-state index in [2.05, 4.69) is 18.7 Å². The predicted octanol–water partition coefficient (Wildman–Crippen LogP) is 3.44. The predicted molar refractivity (Wildman–Crippen MR) is 51.2 cm³/mol. The standard InChI is InChI=1S/C11H13N/c1-9(2)8-10-6-4-5-7-11(10)12-3/h4-7,9H,8H2,1-2H3. The van der Waals surface area contributed by atoms with Crippen LogP contribution in [-0.2, 0) is 6.42 Å². The van der Waals surface area contributed by atoms with E-state index in [4.69, 9.17) is 6.57 Å². The first kappa shape index (κ1) is 8.80. The normalized spacial score (nSPS) is 9.83. The minimum Gasteiger partial charge on any atom is -0.238 e. The van der Waals surface area contributed by atoms with Crippen LogP contribution >= 0.6 is 0 Å². The van der Waals surface area contributed by atoms with Gasteiger partial charge in [0.25, 0.3) is 0 Å². The molecule has 0 aliphatic carbocycles. The van der Waals surface area contributed by atoms with Crippen LogP contribution in [0.5, 0.6) is 0 Å². The van der Waals surface area contributed by atoms with E-state index in [1.807, 2.05) is 24.3 Å². The van der Waals surface area contributed by atoms with Crippen LogP contribution in [0.15, 0.2) is 24.3 Å². The number of para-hydroxylation sites is 1. The van der Waals surface area contributed by atoms with Crippen LogP contribution in [0.25, 0.3) is 4.85 Å². The summed E-state index contributed by atoms with van der Waals surface area (Å²) in [6, 6.07) is 7.82. The Kier molecular flexibility index (Phi) is 2.88. The molecule has 0 heterocycles. The van der Waals surface area contributed by atoms with Gasteiger partial charge in [0.15, 0.2) is 5.69 Å². The molecule has 1 heteroatoms. The number of rotatable bonds is 2. The van der Waals surface area contributed by atoms with Gasteiger partial charge in [-0.3, -0.25) is 0 Å². The lowest BCUT2D eigenvalue weighted by atomic mass is 10.0. The van der Waals surface area contributed by atoms with E-state index in [1.54, 1.807) is 0 Å². The van der Waals surface area contributed by atoms with E-state index in [0.717, 1.165) is 12.1 Å². The van der Waals surface area contributed by atoms with E-state index >= 15 is 0 Å². The van der Waals surface area contributed by atoms with Gasteiger partial charge in [-0.25, -0.2) is 4.85 Å². The molecule has 1 nitrogen and oxygen atoms in total. The molecule has 0 radical (unpaired) electrons. The van der Waals surface area contributed by atoms with Gasteiger partial charge in [0, 0.05) is 0 Å². The molecule has 0 amide bonds. The molecule has 12 heavy (non-hydrogen) atoms. The fourth-order valence-corrected chi connectivity index (χ4v) is 1.23. The maximum atomic E-state index is 6.95. The first-order chi connectivity index (χ1) is 5.74. The van der Waals surface area contributed by atoms with Gasteiger partial charge in [-0.1, -0.05) is 38.1 Å². The number of nitrogens with zero attached hydrogens (tertiary/aromatic N) is 1. The molecule has 1 aromatic carbocycles. The first-order valence-electron chi connectivity index (χ1n) is 4.19. The molecule has 0 saturated heterocycles. The molecule has 0 aliphatic rings. The van der Waals surface area contributed by atoms with Crippen molar-refractivity contribution in [1.29, 1.82) is 0 Å². The molecule has 0 unspecified atom stereocenters. The molecule has 1 aromatic rings. The van der Waals surface area contributed by atoms with Gasteiger partial charge >= 0.3 is 0 Å². The van der Waals surface area contributed by atoms with Crippen molar-refractivity contribution in [2.45, 2.75) is 20.3 Å². The Morgan fingerprint density at radius 2 is 2.00 bits per heavy atom. The Morgan fingerprint density at radius 3 is 2.58 bits per heavy atom. The van der Waals surface area contributed by atoms with Gasteiger partial charge in [0.1, 0.15) is 0 Å². The second-order valence-corrected chi connectivity index (χ2v) is 3.34. The van der Waals surface area contributed by atoms with Crippen molar-refractivity contribution in [1.82, 2.24) is 0 Å². The van der Waals surface area contributed by atoms with Crippen molar-refractivity contribution in [3.63, 3.8) is 0 Å². The third-order valence-corrected chi connectivity index (χ3v) is 1.74. The number of hydrogen-bond acceptors (Lipinski definition) is 0. The monoisotopic (exact) mass is 159 g/mol. The van der Waals surface area contributed by atoms with Crippen LogP contribution in [0.3, 0.4) is 0 Å². The van der Waals surface area contributed by atoms with Crippen molar-refractivity contribution in [2.75, 3.05) is 0 Å². The molecule has 0 N–H and O–H groups in total. The highest BCUT2D eigenvalue weighted by atomic mass is 14.6. The lowest BCUT2D eigenvalue weighted by molar-refractivity contribution is 0.649. The van der Waals surface area contributed by atoms with Crippen molar-refractivity contribution in [3.05, 3.63) is 41.2 Å². The molecule has 0 bridgehead atoms. The van der Waals surface area contributed by atoms with Gasteiger partial charge in [-0.05, 0) is 17.9 Å². The molecular weight excluding hydrogens is 146 g/mol. The topological polar surface area (TPSA) is 4.36 Å². The highest BCUT2D eigenvalue weighted by Gasteiger charge is 2.02. The van der Waals surface area contributed by atoms with E-state index in [9.17, 15) is 0 Å². The van der Waals surface area contributed by atoms with Crippen molar-refractivity contribution in [3.8, 4) is 0 Å². The molecule has 0 spiro atoms. The zero-order valence-electron chi connectivity index (χ0n) is 7.54. The largest absolute Gasteiger partial charge is 0.238 e. The maximum absolute atomic E-state index is 6.95. The van der Waals surface area contributed by atoms with Crippen molar-refractivity contribution >= 4 is 5.69 Å². The lowest BCUT2D eigenvalue weighted by Gasteiger charge is -2.05. The minimum absolute atomic E-state index is 0.618. The third kappa shape index (κ3) is 2.10. The highest BCUT2D eigenvalue weighted by Crippen LogP contribution is 2.21. The summed E-state index contributed by atoms with van der Waals surface area (Å²) in [6.07, 6.45) is 0.999. The zero-order valence-corrected chi connectivity index (χ0v) is 7.54. The molecule has 0 aromatic heterocycles. The number of hydrogen-bond donors (Lipinski definition) is 0. The summed E-state index contributed by atoms with van der Waals surface area (Å²) < 4.78 is 0. The summed E-state index contributed by atoms with van der Waals surface area (Å²) in [5.74, 6) is 0.618. The quantitative estimate of drug-likeness (QED) is 0.582. The fraction of sp³-hybridized carbons (Fsp3) is 0.364. The molecule has 0 fully saturated rings.